The number of likely N-dealkylation sites (tertiary alicyclic amines) is 1. The maximum Gasteiger partial charge on any atom is 0.236 e. The van der Waals surface area contributed by atoms with Crippen molar-refractivity contribution in [2.24, 2.45) is 5.92 Å². The van der Waals surface area contributed by atoms with Gasteiger partial charge in [0.05, 0.1) is 6.54 Å². The van der Waals surface area contributed by atoms with Crippen LogP contribution >= 0.6 is 0 Å². The minimum atomic E-state index is 0.175. The number of carbonyl (C=O) groups excluding carboxylic acids is 2. The molecule has 0 bridgehead atoms. The van der Waals surface area contributed by atoms with Crippen LogP contribution in [0.25, 0.3) is 0 Å². The normalized spacial score (nSPS) is 25.0. The number of hydrogen-bond acceptors (Lipinski definition) is 3. The molecule has 2 aliphatic rings. The fourth-order valence-corrected chi connectivity index (χ4v) is 2.92. The third-order valence-electron chi connectivity index (χ3n) is 3.90. The van der Waals surface area contributed by atoms with Crippen LogP contribution in [0, 0.1) is 5.92 Å². The van der Waals surface area contributed by atoms with E-state index < -0.39 is 0 Å². The summed E-state index contributed by atoms with van der Waals surface area (Å²) < 4.78 is 0. The van der Waals surface area contributed by atoms with Gasteiger partial charge in [-0.25, -0.2) is 0 Å². The van der Waals surface area contributed by atoms with Crippen LogP contribution in [0.1, 0.15) is 33.1 Å². The summed E-state index contributed by atoms with van der Waals surface area (Å²) in [6.45, 7) is 7.78. The smallest absolute Gasteiger partial charge is 0.236 e. The van der Waals surface area contributed by atoms with Crippen molar-refractivity contribution < 1.29 is 9.59 Å². The second-order valence-corrected chi connectivity index (χ2v) is 6.00. The van der Waals surface area contributed by atoms with Crippen molar-refractivity contribution in [3.63, 3.8) is 0 Å². The lowest BCUT2D eigenvalue weighted by atomic mass is 10.0. The molecular weight excluding hydrogens is 242 g/mol. The monoisotopic (exact) mass is 267 g/mol. The zero-order valence-electron chi connectivity index (χ0n) is 12.0. The van der Waals surface area contributed by atoms with E-state index in [0.29, 0.717) is 18.9 Å². The Hall–Kier alpha value is -1.10. The van der Waals surface area contributed by atoms with E-state index in [2.05, 4.69) is 19.2 Å². The lowest BCUT2D eigenvalue weighted by Gasteiger charge is -2.41. The highest BCUT2D eigenvalue weighted by molar-refractivity contribution is 5.80. The van der Waals surface area contributed by atoms with Gasteiger partial charge in [-0.3, -0.25) is 9.59 Å². The molecule has 5 heteroatoms. The predicted molar refractivity (Wildman–Crippen MR) is 73.6 cm³/mol. The van der Waals surface area contributed by atoms with Gasteiger partial charge in [-0.15, -0.1) is 0 Å². The maximum absolute atomic E-state index is 12.1. The van der Waals surface area contributed by atoms with Gasteiger partial charge in [-0.05, 0) is 18.8 Å². The van der Waals surface area contributed by atoms with Gasteiger partial charge in [0, 0.05) is 38.6 Å². The number of carbonyl (C=O) groups is 2. The van der Waals surface area contributed by atoms with Crippen LogP contribution in [0.3, 0.4) is 0 Å². The zero-order valence-corrected chi connectivity index (χ0v) is 12.0. The lowest BCUT2D eigenvalue weighted by Crippen LogP contribution is -2.57. The molecule has 2 aliphatic heterocycles. The third kappa shape index (κ3) is 3.69. The topological polar surface area (TPSA) is 52.7 Å². The van der Waals surface area contributed by atoms with Crippen LogP contribution < -0.4 is 5.32 Å². The van der Waals surface area contributed by atoms with E-state index in [1.165, 1.54) is 0 Å². The number of piperidine rings is 1. The molecule has 0 saturated carbocycles. The molecule has 2 amide bonds. The van der Waals surface area contributed by atoms with E-state index >= 15 is 0 Å². The summed E-state index contributed by atoms with van der Waals surface area (Å²) in [7, 11) is 0. The molecule has 2 heterocycles. The van der Waals surface area contributed by atoms with Gasteiger partial charge in [0.1, 0.15) is 0 Å². The van der Waals surface area contributed by atoms with Crippen molar-refractivity contribution >= 4 is 11.8 Å². The molecule has 0 aliphatic carbocycles. The first-order chi connectivity index (χ1) is 9.08. The highest BCUT2D eigenvalue weighted by Crippen LogP contribution is 2.18. The van der Waals surface area contributed by atoms with Gasteiger partial charge in [0.2, 0.25) is 11.8 Å². The highest BCUT2D eigenvalue weighted by Gasteiger charge is 2.31. The molecule has 19 heavy (non-hydrogen) atoms. The summed E-state index contributed by atoms with van der Waals surface area (Å²) in [6, 6.07) is 0.222. The molecule has 2 rings (SSSR count). The molecule has 2 saturated heterocycles. The Labute approximate surface area is 115 Å². The molecule has 1 unspecified atom stereocenters. The summed E-state index contributed by atoms with van der Waals surface area (Å²) in [6.07, 6.45) is 2.64. The van der Waals surface area contributed by atoms with E-state index in [4.69, 9.17) is 0 Å². The summed E-state index contributed by atoms with van der Waals surface area (Å²) in [5.41, 5.74) is 0. The van der Waals surface area contributed by atoms with E-state index in [1.54, 1.807) is 0 Å². The molecule has 1 atom stereocenters. The molecule has 5 nitrogen and oxygen atoms in total. The van der Waals surface area contributed by atoms with Gasteiger partial charge in [0.15, 0.2) is 0 Å². The highest BCUT2D eigenvalue weighted by atomic mass is 16.2. The number of hydrogen-bond donors (Lipinski definition) is 1. The quantitative estimate of drug-likeness (QED) is 0.808. The molecule has 1 N–H and O–H groups in total. The second-order valence-electron chi connectivity index (χ2n) is 6.00. The van der Waals surface area contributed by atoms with Gasteiger partial charge in [-0.2, -0.15) is 0 Å². The number of rotatable bonds is 3. The zero-order chi connectivity index (χ0) is 13.8. The average Bonchev–Trinajstić information content (AvgIpc) is 2.38. The van der Waals surface area contributed by atoms with Crippen LogP contribution in [-0.4, -0.2) is 60.4 Å². The van der Waals surface area contributed by atoms with Crippen LogP contribution in [0.15, 0.2) is 0 Å². The van der Waals surface area contributed by atoms with Crippen molar-refractivity contribution in [2.45, 2.75) is 39.2 Å². The largest absolute Gasteiger partial charge is 0.341 e. The first-order valence-corrected chi connectivity index (χ1v) is 7.36. The Kier molecular flexibility index (Phi) is 4.80. The molecule has 108 valence electrons. The fraction of sp³-hybridized carbons (Fsp3) is 0.857. The first kappa shape index (κ1) is 14.3. The maximum atomic E-state index is 12.1. The Bertz CT molecular complexity index is 344. The number of piperazine rings is 1. The molecular formula is C14H25N3O2. The summed E-state index contributed by atoms with van der Waals surface area (Å²) in [5.74, 6) is 0.811. The standard InChI is InChI=1S/C14H25N3O2/c1-11(2)8-13(18)16-6-3-4-12(10-16)17-7-5-15-9-14(17)19/h11-12,15H,3-10H2,1-2H3. The van der Waals surface area contributed by atoms with Gasteiger partial charge in [0.25, 0.3) is 0 Å². The second kappa shape index (κ2) is 6.37. The number of amides is 2. The van der Waals surface area contributed by atoms with E-state index in [1.807, 2.05) is 9.80 Å². The fourth-order valence-electron chi connectivity index (χ4n) is 2.92. The molecule has 0 radical (unpaired) electrons. The van der Waals surface area contributed by atoms with Crippen LogP contribution in [0.4, 0.5) is 0 Å². The summed E-state index contributed by atoms with van der Waals surface area (Å²) >= 11 is 0. The van der Waals surface area contributed by atoms with E-state index in [0.717, 1.165) is 39.0 Å². The summed E-state index contributed by atoms with van der Waals surface area (Å²) in [4.78, 5) is 27.9. The minimum absolute atomic E-state index is 0.175. The predicted octanol–water partition coefficient (Wildman–Crippen LogP) is 0.455. The molecule has 0 aromatic heterocycles. The van der Waals surface area contributed by atoms with Crippen LogP contribution in [0.5, 0.6) is 0 Å². The SMILES string of the molecule is CC(C)CC(=O)N1CCCC(N2CCNCC2=O)C1. The average molecular weight is 267 g/mol. The van der Waals surface area contributed by atoms with Crippen LogP contribution in [0.2, 0.25) is 0 Å². The Morgan fingerprint density at radius 1 is 1.42 bits per heavy atom. The first-order valence-electron chi connectivity index (χ1n) is 7.36. The van der Waals surface area contributed by atoms with Crippen molar-refractivity contribution in [1.82, 2.24) is 15.1 Å². The molecule has 0 aromatic carbocycles. The molecule has 0 aromatic rings. The van der Waals surface area contributed by atoms with Gasteiger partial charge >= 0.3 is 0 Å². The van der Waals surface area contributed by atoms with Crippen molar-refractivity contribution in [3.05, 3.63) is 0 Å². The van der Waals surface area contributed by atoms with E-state index in [9.17, 15) is 9.59 Å². The number of nitrogens with zero attached hydrogens (tertiary/aromatic N) is 2. The third-order valence-corrected chi connectivity index (χ3v) is 3.90. The Morgan fingerprint density at radius 2 is 2.21 bits per heavy atom. The van der Waals surface area contributed by atoms with Gasteiger partial charge in [-0.1, -0.05) is 13.8 Å². The molecule has 0 spiro atoms. The van der Waals surface area contributed by atoms with Crippen molar-refractivity contribution in [1.29, 1.82) is 0 Å². The number of nitrogens with one attached hydrogen (secondary N) is 1. The van der Waals surface area contributed by atoms with Crippen molar-refractivity contribution in [3.8, 4) is 0 Å². The van der Waals surface area contributed by atoms with Gasteiger partial charge < -0.3 is 15.1 Å². The minimum Gasteiger partial charge on any atom is -0.341 e. The lowest BCUT2D eigenvalue weighted by molar-refractivity contribution is -0.140. The Morgan fingerprint density at radius 3 is 2.89 bits per heavy atom. The summed E-state index contributed by atoms with van der Waals surface area (Å²) in [5, 5.41) is 3.09. The van der Waals surface area contributed by atoms with Crippen LogP contribution in [-0.2, 0) is 9.59 Å². The van der Waals surface area contributed by atoms with Crippen molar-refractivity contribution in [2.75, 3.05) is 32.7 Å². The molecule has 2 fully saturated rings. The Balaban J connectivity index is 1.92. The van der Waals surface area contributed by atoms with E-state index in [-0.39, 0.29) is 17.9 Å².